The van der Waals surface area contributed by atoms with E-state index < -0.39 is 5.82 Å². The van der Waals surface area contributed by atoms with Crippen LogP contribution in [0.2, 0.25) is 5.02 Å². The van der Waals surface area contributed by atoms with E-state index in [0.717, 1.165) is 11.1 Å². The Morgan fingerprint density at radius 1 is 1.05 bits per heavy atom. The summed E-state index contributed by atoms with van der Waals surface area (Å²) in [6, 6.07) is 7.73. The van der Waals surface area contributed by atoms with Gasteiger partial charge in [0.05, 0.1) is 6.61 Å². The Bertz CT molecular complexity index is 588. The second kappa shape index (κ2) is 5.59. The lowest BCUT2D eigenvalue weighted by Gasteiger charge is -2.10. The molecular weight excluding hydrogens is 267 g/mol. The van der Waals surface area contributed by atoms with E-state index in [1.165, 1.54) is 12.1 Å². The molecule has 0 atom stereocenters. The van der Waals surface area contributed by atoms with E-state index in [1.54, 1.807) is 18.2 Å². The normalized spacial score (nSPS) is 10.6. The third-order valence-electron chi connectivity index (χ3n) is 2.76. The molecule has 0 aliphatic heterocycles. The molecule has 0 radical (unpaired) electrons. The lowest BCUT2D eigenvalue weighted by atomic mass is 10.1. The molecule has 4 heteroatoms. The van der Waals surface area contributed by atoms with Crippen molar-refractivity contribution in [2.45, 2.75) is 20.5 Å². The Morgan fingerprint density at radius 3 is 2.21 bits per heavy atom. The zero-order valence-electron chi connectivity index (χ0n) is 10.7. The van der Waals surface area contributed by atoms with Gasteiger partial charge in [0.2, 0.25) is 0 Å². The number of aryl methyl sites for hydroxylation is 2. The van der Waals surface area contributed by atoms with Gasteiger partial charge in [-0.3, -0.25) is 0 Å². The van der Waals surface area contributed by atoms with E-state index in [0.29, 0.717) is 22.1 Å². The zero-order valence-corrected chi connectivity index (χ0v) is 11.5. The summed E-state index contributed by atoms with van der Waals surface area (Å²) in [4.78, 5) is 0. The van der Waals surface area contributed by atoms with Gasteiger partial charge in [0.25, 0.3) is 0 Å². The third kappa shape index (κ3) is 3.25. The molecule has 19 heavy (non-hydrogen) atoms. The molecule has 0 bridgehead atoms. The summed E-state index contributed by atoms with van der Waals surface area (Å²) in [5.41, 5.74) is 2.27. The standard InChI is InChI=1S/C15H14ClFO2/c1-9-3-13(4-10(2)15(9)16)19-14-6-11(8-18)5-12(17)7-14/h3-7,18H,8H2,1-2H3. The zero-order chi connectivity index (χ0) is 14.0. The van der Waals surface area contributed by atoms with Crippen LogP contribution in [0.1, 0.15) is 16.7 Å². The minimum atomic E-state index is -0.441. The summed E-state index contributed by atoms with van der Waals surface area (Å²) >= 11 is 6.08. The maximum absolute atomic E-state index is 13.3. The summed E-state index contributed by atoms with van der Waals surface area (Å²) in [6.07, 6.45) is 0. The van der Waals surface area contributed by atoms with Crippen molar-refractivity contribution >= 4 is 11.6 Å². The molecule has 2 aromatic carbocycles. The SMILES string of the molecule is Cc1cc(Oc2cc(F)cc(CO)c2)cc(C)c1Cl. The van der Waals surface area contributed by atoms with Crippen LogP contribution in [0.3, 0.4) is 0 Å². The van der Waals surface area contributed by atoms with Crippen molar-refractivity contribution in [1.29, 1.82) is 0 Å². The van der Waals surface area contributed by atoms with E-state index in [9.17, 15) is 4.39 Å². The molecule has 0 saturated heterocycles. The van der Waals surface area contributed by atoms with Crippen LogP contribution in [0.5, 0.6) is 11.5 Å². The minimum Gasteiger partial charge on any atom is -0.457 e. The first-order valence-corrected chi connectivity index (χ1v) is 6.22. The van der Waals surface area contributed by atoms with Crippen LogP contribution in [-0.4, -0.2) is 5.11 Å². The molecule has 100 valence electrons. The second-order valence-electron chi connectivity index (χ2n) is 4.43. The molecule has 0 fully saturated rings. The molecule has 0 heterocycles. The first-order chi connectivity index (χ1) is 8.99. The first-order valence-electron chi connectivity index (χ1n) is 5.84. The van der Waals surface area contributed by atoms with Gasteiger partial charge in [0, 0.05) is 11.1 Å². The number of ether oxygens (including phenoxy) is 1. The van der Waals surface area contributed by atoms with Crippen LogP contribution < -0.4 is 4.74 Å². The Labute approximate surface area is 116 Å². The quantitative estimate of drug-likeness (QED) is 0.904. The summed E-state index contributed by atoms with van der Waals surface area (Å²) in [6.45, 7) is 3.53. The molecule has 0 aliphatic carbocycles. The molecule has 0 aromatic heterocycles. The van der Waals surface area contributed by atoms with Gasteiger partial charge < -0.3 is 9.84 Å². The molecule has 0 aliphatic rings. The molecule has 0 spiro atoms. The predicted octanol–water partition coefficient (Wildman–Crippen LogP) is 4.38. The van der Waals surface area contributed by atoms with Crippen LogP contribution in [0.15, 0.2) is 30.3 Å². The lowest BCUT2D eigenvalue weighted by Crippen LogP contribution is -1.91. The first kappa shape index (κ1) is 13.8. The molecule has 1 N–H and O–H groups in total. The van der Waals surface area contributed by atoms with Crippen molar-refractivity contribution in [3.8, 4) is 11.5 Å². The highest BCUT2D eigenvalue weighted by Crippen LogP contribution is 2.29. The molecule has 0 unspecified atom stereocenters. The van der Waals surface area contributed by atoms with E-state index >= 15 is 0 Å². The monoisotopic (exact) mass is 280 g/mol. The fourth-order valence-corrected chi connectivity index (χ4v) is 1.98. The topological polar surface area (TPSA) is 29.5 Å². The van der Waals surface area contributed by atoms with Crippen LogP contribution >= 0.6 is 11.6 Å². The summed E-state index contributed by atoms with van der Waals surface area (Å²) < 4.78 is 18.9. The molecule has 0 amide bonds. The smallest absolute Gasteiger partial charge is 0.130 e. The lowest BCUT2D eigenvalue weighted by molar-refractivity contribution is 0.280. The van der Waals surface area contributed by atoms with Crippen molar-refractivity contribution in [3.63, 3.8) is 0 Å². The fraction of sp³-hybridized carbons (Fsp3) is 0.200. The van der Waals surface area contributed by atoms with Gasteiger partial charge in [-0.1, -0.05) is 11.6 Å². The van der Waals surface area contributed by atoms with Gasteiger partial charge in [0.1, 0.15) is 17.3 Å². The minimum absolute atomic E-state index is 0.229. The second-order valence-corrected chi connectivity index (χ2v) is 4.80. The Hall–Kier alpha value is -1.58. The van der Waals surface area contributed by atoms with Crippen molar-refractivity contribution < 1.29 is 14.2 Å². The van der Waals surface area contributed by atoms with Gasteiger partial charge in [-0.25, -0.2) is 4.39 Å². The number of hydrogen-bond acceptors (Lipinski definition) is 2. The van der Waals surface area contributed by atoms with Crippen molar-refractivity contribution in [3.05, 3.63) is 57.9 Å². The summed E-state index contributed by atoms with van der Waals surface area (Å²) in [7, 11) is 0. The highest BCUT2D eigenvalue weighted by molar-refractivity contribution is 6.32. The van der Waals surface area contributed by atoms with E-state index in [1.807, 2.05) is 13.8 Å². The van der Waals surface area contributed by atoms with Gasteiger partial charge in [0.15, 0.2) is 0 Å². The van der Waals surface area contributed by atoms with Crippen LogP contribution in [0.25, 0.3) is 0 Å². The number of rotatable bonds is 3. The maximum Gasteiger partial charge on any atom is 0.130 e. The maximum atomic E-state index is 13.3. The van der Waals surface area contributed by atoms with E-state index in [4.69, 9.17) is 21.4 Å². The molecule has 2 rings (SSSR count). The number of halogens is 2. The average Bonchev–Trinajstić information content (AvgIpc) is 2.35. The summed E-state index contributed by atoms with van der Waals surface area (Å²) in [5.74, 6) is 0.503. The number of benzene rings is 2. The Kier molecular flexibility index (Phi) is 4.08. The van der Waals surface area contributed by atoms with Gasteiger partial charge in [-0.05, 0) is 54.8 Å². The van der Waals surface area contributed by atoms with Crippen molar-refractivity contribution in [1.82, 2.24) is 0 Å². The molecule has 2 aromatic rings. The van der Waals surface area contributed by atoms with Crippen molar-refractivity contribution in [2.75, 3.05) is 0 Å². The van der Waals surface area contributed by atoms with Gasteiger partial charge in [-0.2, -0.15) is 0 Å². The average molecular weight is 281 g/mol. The fourth-order valence-electron chi connectivity index (χ4n) is 1.87. The Balaban J connectivity index is 2.33. The molecular formula is C15H14ClFO2. The third-order valence-corrected chi connectivity index (χ3v) is 3.36. The number of aliphatic hydroxyl groups excluding tert-OH is 1. The summed E-state index contributed by atoms with van der Waals surface area (Å²) in [5, 5.41) is 9.73. The van der Waals surface area contributed by atoms with E-state index in [-0.39, 0.29) is 6.61 Å². The van der Waals surface area contributed by atoms with Crippen molar-refractivity contribution in [2.24, 2.45) is 0 Å². The number of hydrogen-bond donors (Lipinski definition) is 1. The van der Waals surface area contributed by atoms with E-state index in [2.05, 4.69) is 0 Å². The highest BCUT2D eigenvalue weighted by atomic mass is 35.5. The van der Waals surface area contributed by atoms with Gasteiger partial charge >= 0.3 is 0 Å². The number of aliphatic hydroxyl groups is 1. The van der Waals surface area contributed by atoms with Crippen LogP contribution in [0, 0.1) is 19.7 Å². The van der Waals surface area contributed by atoms with Crippen LogP contribution in [0.4, 0.5) is 4.39 Å². The Morgan fingerprint density at radius 2 is 1.63 bits per heavy atom. The van der Waals surface area contributed by atoms with Gasteiger partial charge in [-0.15, -0.1) is 0 Å². The highest BCUT2D eigenvalue weighted by Gasteiger charge is 2.06. The van der Waals surface area contributed by atoms with Crippen LogP contribution in [-0.2, 0) is 6.61 Å². The molecule has 0 saturated carbocycles. The largest absolute Gasteiger partial charge is 0.457 e. The predicted molar refractivity (Wildman–Crippen MR) is 73.3 cm³/mol. The molecule has 2 nitrogen and oxygen atoms in total.